The van der Waals surface area contributed by atoms with Crippen molar-refractivity contribution in [3.05, 3.63) is 29.3 Å². The van der Waals surface area contributed by atoms with Crippen LogP contribution in [0.25, 0.3) is 0 Å². The van der Waals surface area contributed by atoms with Gasteiger partial charge in [0.2, 0.25) is 0 Å². The Balaban J connectivity index is 2.29. The predicted octanol–water partition coefficient (Wildman–Crippen LogP) is 0.567. The number of hydrogen-bond acceptors (Lipinski definition) is 5. The van der Waals surface area contributed by atoms with Crippen molar-refractivity contribution in [1.82, 2.24) is 10.6 Å². The molecule has 5 nitrogen and oxygen atoms in total. The van der Waals surface area contributed by atoms with E-state index in [1.807, 2.05) is 19.1 Å². The topological polar surface area (TPSA) is 67.4 Å². The fourth-order valence-corrected chi connectivity index (χ4v) is 2.64. The Bertz CT molecular complexity index is 522. The molecular formula is C12H18N2O3S. The van der Waals surface area contributed by atoms with Crippen LogP contribution in [0.3, 0.4) is 0 Å². The van der Waals surface area contributed by atoms with Gasteiger partial charge in [0, 0.05) is 25.7 Å². The summed E-state index contributed by atoms with van der Waals surface area (Å²) in [5, 5.41) is 6.71. The number of nitrogens with one attached hydrogen (secondary N) is 2. The van der Waals surface area contributed by atoms with E-state index in [0.29, 0.717) is 5.75 Å². The zero-order valence-electron chi connectivity index (χ0n) is 10.6. The molecule has 1 fully saturated rings. The molecule has 1 aliphatic rings. The molecule has 2 rings (SSSR count). The first-order chi connectivity index (χ1) is 8.47. The Morgan fingerprint density at radius 3 is 2.72 bits per heavy atom. The van der Waals surface area contributed by atoms with E-state index in [9.17, 15) is 8.42 Å². The highest BCUT2D eigenvalue weighted by atomic mass is 32.2. The third-order valence-electron chi connectivity index (χ3n) is 2.98. The molecule has 100 valence electrons. The highest BCUT2D eigenvalue weighted by molar-refractivity contribution is 7.86. The lowest BCUT2D eigenvalue weighted by atomic mass is 9.99. The van der Waals surface area contributed by atoms with E-state index in [-0.39, 0.29) is 6.04 Å². The first-order valence-electron chi connectivity index (χ1n) is 5.90. The van der Waals surface area contributed by atoms with Crippen molar-refractivity contribution in [2.75, 3.05) is 25.9 Å². The Labute approximate surface area is 108 Å². The summed E-state index contributed by atoms with van der Waals surface area (Å²) < 4.78 is 27.4. The van der Waals surface area contributed by atoms with Crippen LogP contribution in [0.15, 0.2) is 18.2 Å². The van der Waals surface area contributed by atoms with Crippen LogP contribution in [0, 0.1) is 6.92 Å². The average molecular weight is 270 g/mol. The van der Waals surface area contributed by atoms with Crippen LogP contribution in [0.4, 0.5) is 0 Å². The molecular weight excluding hydrogens is 252 g/mol. The summed E-state index contributed by atoms with van der Waals surface area (Å²) in [5.41, 5.74) is 1.94. The maximum Gasteiger partial charge on any atom is 0.306 e. The van der Waals surface area contributed by atoms with Crippen LogP contribution < -0.4 is 14.8 Å². The number of rotatable bonds is 3. The molecule has 1 saturated heterocycles. The number of benzene rings is 1. The Morgan fingerprint density at radius 2 is 2.11 bits per heavy atom. The Hall–Kier alpha value is -1.11. The van der Waals surface area contributed by atoms with Crippen LogP contribution in [0.5, 0.6) is 5.75 Å². The number of hydrogen-bond donors (Lipinski definition) is 2. The average Bonchev–Trinajstić information content (AvgIpc) is 2.31. The summed E-state index contributed by atoms with van der Waals surface area (Å²) in [6, 6.07) is 5.69. The normalized spacial score (nSPS) is 20.7. The molecule has 1 unspecified atom stereocenters. The van der Waals surface area contributed by atoms with E-state index in [4.69, 9.17) is 4.18 Å². The minimum Gasteiger partial charge on any atom is -0.382 e. The second-order valence-corrected chi connectivity index (χ2v) is 6.04. The SMILES string of the molecule is Cc1c(OS(C)(=O)=O)cccc1C1CNCCN1. The van der Waals surface area contributed by atoms with Gasteiger partial charge in [-0.3, -0.25) is 0 Å². The summed E-state index contributed by atoms with van der Waals surface area (Å²) in [6.07, 6.45) is 1.06. The molecule has 1 heterocycles. The van der Waals surface area contributed by atoms with Gasteiger partial charge in [0.1, 0.15) is 5.75 Å². The predicted molar refractivity (Wildman–Crippen MR) is 70.3 cm³/mol. The molecule has 2 N–H and O–H groups in total. The molecule has 18 heavy (non-hydrogen) atoms. The molecule has 0 radical (unpaired) electrons. The van der Waals surface area contributed by atoms with Gasteiger partial charge in [-0.15, -0.1) is 0 Å². The molecule has 1 aromatic rings. The fraction of sp³-hybridized carbons (Fsp3) is 0.500. The number of piperazine rings is 1. The molecule has 1 atom stereocenters. The Kier molecular flexibility index (Phi) is 3.89. The summed E-state index contributed by atoms with van der Waals surface area (Å²) >= 11 is 0. The maximum atomic E-state index is 11.2. The monoisotopic (exact) mass is 270 g/mol. The molecule has 0 aliphatic carbocycles. The lowest BCUT2D eigenvalue weighted by Crippen LogP contribution is -2.42. The van der Waals surface area contributed by atoms with Crippen molar-refractivity contribution in [2.24, 2.45) is 0 Å². The molecule has 0 bridgehead atoms. The fourth-order valence-electron chi connectivity index (χ4n) is 2.14. The standard InChI is InChI=1S/C12H18N2O3S/c1-9-10(11-8-13-6-7-14-11)4-3-5-12(9)17-18(2,15)16/h3-5,11,13-14H,6-8H2,1-2H3. The maximum absolute atomic E-state index is 11.2. The van der Waals surface area contributed by atoms with Crippen molar-refractivity contribution >= 4 is 10.1 Å². The highest BCUT2D eigenvalue weighted by Crippen LogP contribution is 2.27. The van der Waals surface area contributed by atoms with Gasteiger partial charge in [-0.2, -0.15) is 8.42 Å². The van der Waals surface area contributed by atoms with E-state index >= 15 is 0 Å². The zero-order chi connectivity index (χ0) is 13.2. The van der Waals surface area contributed by atoms with E-state index in [0.717, 1.165) is 37.0 Å². The summed E-state index contributed by atoms with van der Waals surface area (Å²) in [4.78, 5) is 0. The third-order valence-corrected chi connectivity index (χ3v) is 3.47. The second kappa shape index (κ2) is 5.26. The van der Waals surface area contributed by atoms with Gasteiger partial charge in [-0.1, -0.05) is 12.1 Å². The molecule has 6 heteroatoms. The Morgan fingerprint density at radius 1 is 1.33 bits per heavy atom. The van der Waals surface area contributed by atoms with Gasteiger partial charge < -0.3 is 14.8 Å². The summed E-state index contributed by atoms with van der Waals surface area (Å²) in [7, 11) is -3.48. The minimum atomic E-state index is -3.48. The van der Waals surface area contributed by atoms with Crippen LogP contribution >= 0.6 is 0 Å². The van der Waals surface area contributed by atoms with E-state index in [1.165, 1.54) is 0 Å². The van der Waals surface area contributed by atoms with Gasteiger partial charge >= 0.3 is 10.1 Å². The van der Waals surface area contributed by atoms with Gasteiger partial charge in [-0.25, -0.2) is 0 Å². The van der Waals surface area contributed by atoms with Crippen molar-refractivity contribution in [3.8, 4) is 5.75 Å². The highest BCUT2D eigenvalue weighted by Gasteiger charge is 2.19. The van der Waals surface area contributed by atoms with E-state index in [2.05, 4.69) is 10.6 Å². The van der Waals surface area contributed by atoms with Crippen molar-refractivity contribution in [1.29, 1.82) is 0 Å². The van der Waals surface area contributed by atoms with Crippen molar-refractivity contribution in [2.45, 2.75) is 13.0 Å². The van der Waals surface area contributed by atoms with E-state index < -0.39 is 10.1 Å². The first-order valence-corrected chi connectivity index (χ1v) is 7.72. The van der Waals surface area contributed by atoms with Gasteiger partial charge in [-0.05, 0) is 24.1 Å². The molecule has 1 aliphatic heterocycles. The smallest absolute Gasteiger partial charge is 0.306 e. The lowest BCUT2D eigenvalue weighted by Gasteiger charge is -2.26. The minimum absolute atomic E-state index is 0.196. The van der Waals surface area contributed by atoms with Crippen LogP contribution in [-0.2, 0) is 10.1 Å². The van der Waals surface area contributed by atoms with E-state index in [1.54, 1.807) is 6.07 Å². The van der Waals surface area contributed by atoms with Gasteiger partial charge in [0.15, 0.2) is 0 Å². The lowest BCUT2D eigenvalue weighted by molar-refractivity contribution is 0.427. The zero-order valence-corrected chi connectivity index (χ0v) is 11.4. The third kappa shape index (κ3) is 3.22. The largest absolute Gasteiger partial charge is 0.382 e. The van der Waals surface area contributed by atoms with Gasteiger partial charge in [0.05, 0.1) is 6.26 Å². The molecule has 0 spiro atoms. The second-order valence-electron chi connectivity index (χ2n) is 4.47. The molecule has 1 aromatic carbocycles. The summed E-state index contributed by atoms with van der Waals surface area (Å²) in [6.45, 7) is 4.58. The van der Waals surface area contributed by atoms with Gasteiger partial charge in [0.25, 0.3) is 0 Å². The summed E-state index contributed by atoms with van der Waals surface area (Å²) in [5.74, 6) is 0.405. The molecule has 0 amide bonds. The van der Waals surface area contributed by atoms with Crippen molar-refractivity contribution in [3.63, 3.8) is 0 Å². The molecule has 0 aromatic heterocycles. The van der Waals surface area contributed by atoms with Crippen LogP contribution in [-0.4, -0.2) is 34.3 Å². The van der Waals surface area contributed by atoms with Crippen molar-refractivity contribution < 1.29 is 12.6 Å². The van der Waals surface area contributed by atoms with Crippen LogP contribution in [0.2, 0.25) is 0 Å². The molecule has 0 saturated carbocycles. The van der Waals surface area contributed by atoms with Crippen LogP contribution in [0.1, 0.15) is 17.2 Å². The quantitative estimate of drug-likeness (QED) is 0.786. The first kappa shape index (κ1) is 13.3.